The zero-order chi connectivity index (χ0) is 15.3. The monoisotopic (exact) mass is 299 g/mol. The molecule has 5 nitrogen and oxygen atoms in total. The van der Waals surface area contributed by atoms with Gasteiger partial charge in [0.2, 0.25) is 0 Å². The Balaban J connectivity index is 1.83. The van der Waals surface area contributed by atoms with E-state index in [1.807, 2.05) is 22.9 Å². The van der Waals surface area contributed by atoms with Crippen molar-refractivity contribution in [1.29, 1.82) is 0 Å². The molecule has 116 valence electrons. The number of nitrogens with one attached hydrogen (secondary N) is 1. The van der Waals surface area contributed by atoms with Gasteiger partial charge in [-0.3, -0.25) is 0 Å². The molecule has 0 unspecified atom stereocenters. The average Bonchev–Trinajstić information content (AvgIpc) is 3.07. The van der Waals surface area contributed by atoms with Crippen molar-refractivity contribution in [2.45, 2.75) is 32.6 Å². The molecule has 3 heterocycles. The molecule has 0 fully saturated rings. The van der Waals surface area contributed by atoms with Crippen molar-refractivity contribution in [1.82, 2.24) is 9.78 Å². The zero-order valence-electron chi connectivity index (χ0n) is 13.3. The molecular weight excluding hydrogens is 278 g/mol. The number of hydrogen-bond donors (Lipinski definition) is 1. The predicted molar refractivity (Wildman–Crippen MR) is 85.4 cm³/mol. The van der Waals surface area contributed by atoms with E-state index in [0.717, 1.165) is 36.0 Å². The Labute approximate surface area is 130 Å². The van der Waals surface area contributed by atoms with Gasteiger partial charge in [-0.05, 0) is 18.6 Å². The Morgan fingerprint density at radius 2 is 1.91 bits per heavy atom. The topological polar surface area (TPSA) is 48.3 Å². The van der Waals surface area contributed by atoms with Gasteiger partial charge >= 0.3 is 0 Å². The number of rotatable bonds is 1. The van der Waals surface area contributed by atoms with Crippen LogP contribution in [0.3, 0.4) is 0 Å². The SMILES string of the molecule is CC(C)(C)c1nn(-c2ccc3c(c2)OCCO3)c2c1CCN2. The lowest BCUT2D eigenvalue weighted by atomic mass is 9.89. The van der Waals surface area contributed by atoms with Gasteiger partial charge in [0, 0.05) is 23.6 Å². The molecule has 0 saturated carbocycles. The first kappa shape index (κ1) is 13.5. The van der Waals surface area contributed by atoms with Gasteiger partial charge in [0.25, 0.3) is 0 Å². The van der Waals surface area contributed by atoms with Gasteiger partial charge in [-0.2, -0.15) is 5.10 Å². The van der Waals surface area contributed by atoms with E-state index in [0.29, 0.717) is 13.2 Å². The largest absolute Gasteiger partial charge is 0.486 e. The van der Waals surface area contributed by atoms with E-state index in [-0.39, 0.29) is 5.41 Å². The van der Waals surface area contributed by atoms with E-state index < -0.39 is 0 Å². The van der Waals surface area contributed by atoms with E-state index in [1.165, 1.54) is 11.3 Å². The Hall–Kier alpha value is -2.17. The maximum Gasteiger partial charge on any atom is 0.163 e. The summed E-state index contributed by atoms with van der Waals surface area (Å²) in [6.45, 7) is 8.81. The van der Waals surface area contributed by atoms with E-state index in [9.17, 15) is 0 Å². The Kier molecular flexibility index (Phi) is 2.86. The minimum atomic E-state index is 0.0369. The second-order valence-corrected chi connectivity index (χ2v) is 6.84. The summed E-state index contributed by atoms with van der Waals surface area (Å²) in [7, 11) is 0. The second-order valence-electron chi connectivity index (χ2n) is 6.84. The molecule has 0 saturated heterocycles. The highest BCUT2D eigenvalue weighted by molar-refractivity contribution is 5.60. The fourth-order valence-corrected chi connectivity index (χ4v) is 3.13. The number of anilines is 1. The third-order valence-corrected chi connectivity index (χ3v) is 4.13. The van der Waals surface area contributed by atoms with Crippen molar-refractivity contribution >= 4 is 5.82 Å². The minimum Gasteiger partial charge on any atom is -0.486 e. The maximum atomic E-state index is 5.69. The van der Waals surface area contributed by atoms with Crippen molar-refractivity contribution < 1.29 is 9.47 Å². The third kappa shape index (κ3) is 2.03. The summed E-state index contributed by atoms with van der Waals surface area (Å²) >= 11 is 0. The summed E-state index contributed by atoms with van der Waals surface area (Å²) in [5.74, 6) is 2.72. The lowest BCUT2D eigenvalue weighted by molar-refractivity contribution is 0.171. The predicted octanol–water partition coefficient (Wildman–Crippen LogP) is 2.91. The van der Waals surface area contributed by atoms with Gasteiger partial charge < -0.3 is 14.8 Å². The highest BCUT2D eigenvalue weighted by Gasteiger charge is 2.30. The van der Waals surface area contributed by atoms with Crippen LogP contribution in [-0.2, 0) is 11.8 Å². The van der Waals surface area contributed by atoms with E-state index in [1.54, 1.807) is 0 Å². The lowest BCUT2D eigenvalue weighted by Crippen LogP contribution is -2.16. The molecule has 1 aromatic heterocycles. The summed E-state index contributed by atoms with van der Waals surface area (Å²) in [6, 6.07) is 6.01. The van der Waals surface area contributed by atoms with Gasteiger partial charge in [0.15, 0.2) is 11.5 Å². The van der Waals surface area contributed by atoms with E-state index in [2.05, 4.69) is 26.1 Å². The number of nitrogens with zero attached hydrogens (tertiary/aromatic N) is 2. The first-order valence-corrected chi connectivity index (χ1v) is 7.80. The van der Waals surface area contributed by atoms with Gasteiger partial charge in [0.05, 0.1) is 11.4 Å². The Morgan fingerprint density at radius 1 is 1.14 bits per heavy atom. The van der Waals surface area contributed by atoms with Crippen LogP contribution in [0.4, 0.5) is 5.82 Å². The van der Waals surface area contributed by atoms with Gasteiger partial charge in [0.1, 0.15) is 19.0 Å². The maximum absolute atomic E-state index is 5.69. The first-order chi connectivity index (χ1) is 10.5. The molecule has 5 heteroatoms. The molecule has 1 aromatic carbocycles. The molecular formula is C17H21N3O2. The number of aromatic nitrogens is 2. The fourth-order valence-electron chi connectivity index (χ4n) is 3.13. The minimum absolute atomic E-state index is 0.0369. The highest BCUT2D eigenvalue weighted by Crippen LogP contribution is 2.37. The van der Waals surface area contributed by atoms with Gasteiger partial charge in [-0.1, -0.05) is 20.8 Å². The molecule has 2 aromatic rings. The molecule has 0 bridgehead atoms. The van der Waals surface area contributed by atoms with Gasteiger partial charge in [-0.15, -0.1) is 0 Å². The highest BCUT2D eigenvalue weighted by atomic mass is 16.6. The zero-order valence-corrected chi connectivity index (χ0v) is 13.3. The first-order valence-electron chi connectivity index (χ1n) is 7.80. The van der Waals surface area contributed by atoms with E-state index in [4.69, 9.17) is 14.6 Å². The summed E-state index contributed by atoms with van der Waals surface area (Å²) < 4.78 is 13.3. The van der Waals surface area contributed by atoms with Gasteiger partial charge in [-0.25, -0.2) is 4.68 Å². The average molecular weight is 299 g/mol. The van der Waals surface area contributed by atoms with E-state index >= 15 is 0 Å². The molecule has 0 aliphatic carbocycles. The second kappa shape index (κ2) is 4.66. The molecule has 2 aliphatic heterocycles. The standard InChI is InChI=1S/C17H21N3O2/c1-17(2,3)15-12-6-7-18-16(12)20(19-15)11-4-5-13-14(10-11)22-9-8-21-13/h4-5,10,18H,6-9H2,1-3H3. The summed E-state index contributed by atoms with van der Waals surface area (Å²) in [5, 5.41) is 8.35. The van der Waals surface area contributed by atoms with Crippen LogP contribution in [0.1, 0.15) is 32.0 Å². The van der Waals surface area contributed by atoms with Crippen LogP contribution in [-0.4, -0.2) is 29.5 Å². The normalized spacial score (nSPS) is 16.3. The van der Waals surface area contributed by atoms with Crippen LogP contribution < -0.4 is 14.8 Å². The summed E-state index contributed by atoms with van der Waals surface area (Å²) in [6.07, 6.45) is 1.03. The van der Waals surface area contributed by atoms with Crippen molar-refractivity contribution in [3.05, 3.63) is 29.5 Å². The molecule has 1 N–H and O–H groups in total. The Morgan fingerprint density at radius 3 is 2.68 bits per heavy atom. The third-order valence-electron chi connectivity index (χ3n) is 4.13. The van der Waals surface area contributed by atoms with Crippen LogP contribution >= 0.6 is 0 Å². The molecule has 0 spiro atoms. The summed E-state index contributed by atoms with van der Waals surface area (Å²) in [4.78, 5) is 0. The molecule has 2 aliphatic rings. The van der Waals surface area contributed by atoms with Crippen molar-refractivity contribution in [2.75, 3.05) is 25.1 Å². The smallest absolute Gasteiger partial charge is 0.163 e. The fraction of sp³-hybridized carbons (Fsp3) is 0.471. The van der Waals surface area contributed by atoms with Crippen LogP contribution in [0.15, 0.2) is 18.2 Å². The molecule has 0 radical (unpaired) electrons. The number of benzene rings is 1. The quantitative estimate of drug-likeness (QED) is 0.879. The number of hydrogen-bond acceptors (Lipinski definition) is 4. The number of ether oxygens (including phenoxy) is 2. The molecule has 4 rings (SSSR count). The Bertz CT molecular complexity index is 728. The lowest BCUT2D eigenvalue weighted by Gasteiger charge is -2.19. The van der Waals surface area contributed by atoms with Crippen molar-refractivity contribution in [3.8, 4) is 17.2 Å². The van der Waals surface area contributed by atoms with Crippen molar-refractivity contribution in [2.24, 2.45) is 0 Å². The van der Waals surface area contributed by atoms with Crippen LogP contribution in [0.2, 0.25) is 0 Å². The van der Waals surface area contributed by atoms with Crippen LogP contribution in [0, 0.1) is 0 Å². The molecule has 22 heavy (non-hydrogen) atoms. The van der Waals surface area contributed by atoms with Crippen molar-refractivity contribution in [3.63, 3.8) is 0 Å². The number of fused-ring (bicyclic) bond motifs is 2. The molecule has 0 atom stereocenters. The van der Waals surface area contributed by atoms with Crippen LogP contribution in [0.25, 0.3) is 5.69 Å². The molecule has 0 amide bonds. The van der Waals surface area contributed by atoms with Crippen LogP contribution in [0.5, 0.6) is 11.5 Å². The summed E-state index contributed by atoms with van der Waals surface area (Å²) in [5.41, 5.74) is 3.55.